The van der Waals surface area contributed by atoms with Crippen molar-refractivity contribution in [1.82, 2.24) is 0 Å². The minimum absolute atomic E-state index is 0.00778. The SMILES string of the molecule is Fc1ccc(NCc2cccc(C(F)F)c2)cc1. The fraction of sp³-hybridized carbons (Fsp3) is 0.143. The summed E-state index contributed by atoms with van der Waals surface area (Å²) in [6, 6.07) is 12.1. The zero-order chi connectivity index (χ0) is 13.0. The third kappa shape index (κ3) is 3.26. The number of hydrogen-bond acceptors (Lipinski definition) is 1. The Balaban J connectivity index is 2.01. The lowest BCUT2D eigenvalue weighted by Crippen LogP contribution is -2.00. The molecule has 94 valence electrons. The van der Waals surface area contributed by atoms with E-state index >= 15 is 0 Å². The van der Waals surface area contributed by atoms with Gasteiger partial charge in [-0.2, -0.15) is 0 Å². The molecular weight excluding hydrogens is 239 g/mol. The van der Waals surface area contributed by atoms with Crippen LogP contribution < -0.4 is 5.32 Å². The molecule has 0 bridgehead atoms. The fourth-order valence-electron chi connectivity index (χ4n) is 1.61. The highest BCUT2D eigenvalue weighted by Gasteiger charge is 2.06. The maximum Gasteiger partial charge on any atom is 0.263 e. The number of rotatable bonds is 4. The number of hydrogen-bond donors (Lipinski definition) is 1. The molecular formula is C14H12F3N. The second kappa shape index (κ2) is 5.58. The van der Waals surface area contributed by atoms with Crippen molar-refractivity contribution in [1.29, 1.82) is 0 Å². The van der Waals surface area contributed by atoms with Crippen LogP contribution in [0.15, 0.2) is 48.5 Å². The Kier molecular flexibility index (Phi) is 3.87. The fourth-order valence-corrected chi connectivity index (χ4v) is 1.61. The first-order chi connectivity index (χ1) is 8.65. The highest BCUT2D eigenvalue weighted by molar-refractivity contribution is 5.43. The average Bonchev–Trinajstić information content (AvgIpc) is 2.38. The van der Waals surface area contributed by atoms with Crippen molar-refractivity contribution in [3.8, 4) is 0 Å². The van der Waals surface area contributed by atoms with Crippen molar-refractivity contribution in [2.24, 2.45) is 0 Å². The van der Waals surface area contributed by atoms with Gasteiger partial charge in [-0.15, -0.1) is 0 Å². The largest absolute Gasteiger partial charge is 0.381 e. The van der Waals surface area contributed by atoms with Crippen molar-refractivity contribution < 1.29 is 13.2 Å². The van der Waals surface area contributed by atoms with Crippen LogP contribution in [0.25, 0.3) is 0 Å². The Bertz CT molecular complexity index is 509. The van der Waals surface area contributed by atoms with Crippen molar-refractivity contribution in [2.75, 3.05) is 5.32 Å². The summed E-state index contributed by atoms with van der Waals surface area (Å²) in [4.78, 5) is 0. The van der Waals surface area contributed by atoms with E-state index in [1.165, 1.54) is 24.3 Å². The maximum absolute atomic E-state index is 12.7. The molecule has 0 aromatic heterocycles. The van der Waals surface area contributed by atoms with Crippen LogP contribution in [0.3, 0.4) is 0 Å². The molecule has 0 aliphatic carbocycles. The van der Waals surface area contributed by atoms with Gasteiger partial charge >= 0.3 is 0 Å². The van der Waals surface area contributed by atoms with Gasteiger partial charge in [0.2, 0.25) is 0 Å². The Labute approximate surface area is 103 Å². The summed E-state index contributed by atoms with van der Waals surface area (Å²) in [6.45, 7) is 0.423. The van der Waals surface area contributed by atoms with Crippen LogP contribution in [-0.4, -0.2) is 0 Å². The third-order valence-electron chi connectivity index (χ3n) is 2.54. The monoisotopic (exact) mass is 251 g/mol. The topological polar surface area (TPSA) is 12.0 Å². The van der Waals surface area contributed by atoms with E-state index in [-0.39, 0.29) is 11.4 Å². The van der Waals surface area contributed by atoms with E-state index in [1.54, 1.807) is 24.3 Å². The summed E-state index contributed by atoms with van der Waals surface area (Å²) in [6.07, 6.45) is -2.46. The predicted molar refractivity (Wildman–Crippen MR) is 65.1 cm³/mol. The molecule has 4 heteroatoms. The van der Waals surface area contributed by atoms with Gasteiger partial charge in [0.25, 0.3) is 6.43 Å². The van der Waals surface area contributed by atoms with Gasteiger partial charge in [0.1, 0.15) is 5.82 Å². The van der Waals surface area contributed by atoms with Crippen molar-refractivity contribution in [3.63, 3.8) is 0 Å². The lowest BCUT2D eigenvalue weighted by molar-refractivity contribution is 0.151. The molecule has 0 aliphatic heterocycles. The highest BCUT2D eigenvalue weighted by atomic mass is 19.3. The van der Waals surface area contributed by atoms with E-state index < -0.39 is 6.43 Å². The van der Waals surface area contributed by atoms with Gasteiger partial charge in [0.05, 0.1) is 0 Å². The Morgan fingerprint density at radius 3 is 2.39 bits per heavy atom. The summed E-state index contributed by atoms with van der Waals surface area (Å²) >= 11 is 0. The van der Waals surface area contributed by atoms with E-state index in [9.17, 15) is 13.2 Å². The number of benzene rings is 2. The molecule has 2 aromatic carbocycles. The van der Waals surface area contributed by atoms with E-state index in [2.05, 4.69) is 5.32 Å². The van der Waals surface area contributed by atoms with Crippen LogP contribution in [0.5, 0.6) is 0 Å². The molecule has 0 heterocycles. The second-order valence-corrected chi connectivity index (χ2v) is 3.91. The van der Waals surface area contributed by atoms with Gasteiger partial charge in [-0.1, -0.05) is 18.2 Å². The van der Waals surface area contributed by atoms with Crippen LogP contribution >= 0.6 is 0 Å². The van der Waals surface area contributed by atoms with Crippen LogP contribution in [-0.2, 0) is 6.54 Å². The summed E-state index contributed by atoms with van der Waals surface area (Å²) < 4.78 is 37.7. The molecule has 2 aromatic rings. The summed E-state index contributed by atoms with van der Waals surface area (Å²) in [5, 5.41) is 3.04. The van der Waals surface area contributed by atoms with Gasteiger partial charge in [0, 0.05) is 17.8 Å². The van der Waals surface area contributed by atoms with E-state index in [0.29, 0.717) is 6.54 Å². The number of alkyl halides is 2. The van der Waals surface area contributed by atoms with E-state index in [0.717, 1.165) is 11.3 Å². The van der Waals surface area contributed by atoms with Crippen molar-refractivity contribution in [2.45, 2.75) is 13.0 Å². The van der Waals surface area contributed by atoms with Gasteiger partial charge in [-0.3, -0.25) is 0 Å². The first-order valence-corrected chi connectivity index (χ1v) is 5.51. The molecule has 0 atom stereocenters. The van der Waals surface area contributed by atoms with Crippen LogP contribution in [0.2, 0.25) is 0 Å². The highest BCUT2D eigenvalue weighted by Crippen LogP contribution is 2.20. The standard InChI is InChI=1S/C14H12F3N/c15-12-4-6-13(7-5-12)18-9-10-2-1-3-11(8-10)14(16)17/h1-8,14,18H,9H2. The third-order valence-corrected chi connectivity index (χ3v) is 2.54. The molecule has 0 unspecified atom stereocenters. The zero-order valence-electron chi connectivity index (χ0n) is 9.54. The predicted octanol–water partition coefficient (Wildman–Crippen LogP) is 4.38. The first-order valence-electron chi connectivity index (χ1n) is 5.51. The number of halogens is 3. The van der Waals surface area contributed by atoms with Crippen LogP contribution in [0, 0.1) is 5.82 Å². The van der Waals surface area contributed by atoms with E-state index in [4.69, 9.17) is 0 Å². The number of anilines is 1. The average molecular weight is 251 g/mol. The molecule has 1 N–H and O–H groups in total. The zero-order valence-corrected chi connectivity index (χ0v) is 9.54. The molecule has 0 saturated heterocycles. The normalized spacial score (nSPS) is 10.7. The maximum atomic E-state index is 12.7. The van der Waals surface area contributed by atoms with Gasteiger partial charge in [0.15, 0.2) is 0 Å². The van der Waals surface area contributed by atoms with E-state index in [1.807, 2.05) is 0 Å². The molecule has 0 fully saturated rings. The Morgan fingerprint density at radius 2 is 1.72 bits per heavy atom. The summed E-state index contributed by atoms with van der Waals surface area (Å²) in [7, 11) is 0. The molecule has 0 saturated carbocycles. The smallest absolute Gasteiger partial charge is 0.263 e. The molecule has 1 nitrogen and oxygen atoms in total. The van der Waals surface area contributed by atoms with Crippen LogP contribution in [0.4, 0.5) is 18.9 Å². The van der Waals surface area contributed by atoms with Crippen molar-refractivity contribution >= 4 is 5.69 Å². The summed E-state index contributed by atoms with van der Waals surface area (Å²) in [5.41, 5.74) is 1.52. The molecule has 18 heavy (non-hydrogen) atoms. The molecule has 0 amide bonds. The van der Waals surface area contributed by atoms with Gasteiger partial charge in [-0.05, 0) is 35.9 Å². The van der Waals surface area contributed by atoms with Gasteiger partial charge < -0.3 is 5.32 Å². The Morgan fingerprint density at radius 1 is 1.00 bits per heavy atom. The molecule has 2 rings (SSSR count). The Hall–Kier alpha value is -1.97. The molecule has 0 radical (unpaired) electrons. The number of nitrogens with one attached hydrogen (secondary N) is 1. The van der Waals surface area contributed by atoms with Crippen LogP contribution in [0.1, 0.15) is 17.6 Å². The lowest BCUT2D eigenvalue weighted by atomic mass is 10.1. The quantitative estimate of drug-likeness (QED) is 0.850. The molecule has 0 spiro atoms. The van der Waals surface area contributed by atoms with Gasteiger partial charge in [-0.25, -0.2) is 13.2 Å². The van der Waals surface area contributed by atoms with Crippen molar-refractivity contribution in [3.05, 3.63) is 65.5 Å². The molecule has 0 aliphatic rings. The minimum atomic E-state index is -2.46. The first kappa shape index (κ1) is 12.5. The lowest BCUT2D eigenvalue weighted by Gasteiger charge is -2.08. The summed E-state index contributed by atoms with van der Waals surface area (Å²) in [5.74, 6) is -0.305. The second-order valence-electron chi connectivity index (χ2n) is 3.91. The minimum Gasteiger partial charge on any atom is -0.381 e.